The number of benzene rings is 1. The fraction of sp³-hybridized carbons (Fsp3) is 0.231. The van der Waals surface area contributed by atoms with Gasteiger partial charge < -0.3 is 4.74 Å². The molecule has 98 valence electrons. The van der Waals surface area contributed by atoms with Gasteiger partial charge in [0.2, 0.25) is 0 Å². The Labute approximate surface area is 109 Å². The minimum Gasteiger partial charge on any atom is -0.491 e. The van der Waals surface area contributed by atoms with Crippen molar-refractivity contribution in [2.24, 2.45) is 0 Å². The van der Waals surface area contributed by atoms with Crippen LogP contribution in [0.1, 0.15) is 13.3 Å². The molecule has 0 aliphatic carbocycles. The van der Waals surface area contributed by atoms with Gasteiger partial charge in [-0.3, -0.25) is 19.9 Å². The van der Waals surface area contributed by atoms with Gasteiger partial charge in [-0.1, -0.05) is 0 Å². The molecular formula is C13H12N2O4. The Balaban J connectivity index is 2.38. The van der Waals surface area contributed by atoms with E-state index in [1.54, 1.807) is 18.3 Å². The van der Waals surface area contributed by atoms with Crippen molar-refractivity contribution in [1.29, 1.82) is 0 Å². The summed E-state index contributed by atoms with van der Waals surface area (Å²) in [6.07, 6.45) is 1.84. The molecule has 1 aromatic carbocycles. The second kappa shape index (κ2) is 5.43. The summed E-state index contributed by atoms with van der Waals surface area (Å²) in [6, 6.07) is 6.15. The van der Waals surface area contributed by atoms with E-state index in [2.05, 4.69) is 4.98 Å². The van der Waals surface area contributed by atoms with Crippen molar-refractivity contribution in [3.05, 3.63) is 40.6 Å². The molecule has 0 radical (unpaired) electrons. The number of ether oxygens (including phenoxy) is 1. The quantitative estimate of drug-likeness (QED) is 0.609. The highest BCUT2D eigenvalue weighted by molar-refractivity contribution is 5.92. The molecule has 0 aliphatic heterocycles. The van der Waals surface area contributed by atoms with E-state index >= 15 is 0 Å². The van der Waals surface area contributed by atoms with E-state index in [1.807, 2.05) is 0 Å². The van der Waals surface area contributed by atoms with Crippen LogP contribution >= 0.6 is 0 Å². The molecule has 0 N–H and O–H groups in total. The summed E-state index contributed by atoms with van der Waals surface area (Å²) in [6.45, 7) is 1.72. The van der Waals surface area contributed by atoms with E-state index < -0.39 is 4.92 Å². The van der Waals surface area contributed by atoms with E-state index in [1.165, 1.54) is 19.1 Å². The highest BCUT2D eigenvalue weighted by atomic mass is 16.6. The van der Waals surface area contributed by atoms with Crippen LogP contribution < -0.4 is 4.74 Å². The molecule has 0 fully saturated rings. The molecule has 0 spiro atoms. The van der Waals surface area contributed by atoms with Gasteiger partial charge in [0, 0.05) is 18.7 Å². The first-order valence-electron chi connectivity index (χ1n) is 5.74. The summed E-state index contributed by atoms with van der Waals surface area (Å²) in [5, 5.41) is 11.3. The van der Waals surface area contributed by atoms with Crippen molar-refractivity contribution in [3.8, 4) is 5.75 Å². The molecule has 1 heterocycles. The molecule has 0 bridgehead atoms. The van der Waals surface area contributed by atoms with Crippen LogP contribution in [-0.2, 0) is 4.79 Å². The lowest BCUT2D eigenvalue weighted by Crippen LogP contribution is -2.03. The minimum atomic E-state index is -0.455. The van der Waals surface area contributed by atoms with Crippen LogP contribution in [0.25, 0.3) is 10.9 Å². The maximum atomic E-state index is 10.9. The Bertz CT molecular complexity index is 640. The number of ketones is 1. The van der Waals surface area contributed by atoms with Crippen LogP contribution in [0.15, 0.2) is 30.5 Å². The summed E-state index contributed by atoms with van der Waals surface area (Å²) in [5.74, 6) is 0.474. The molecule has 0 aliphatic rings. The first kappa shape index (κ1) is 12.9. The number of rotatable bonds is 5. The number of Topliss-reactive ketones (excluding diaryl/α,β-unsaturated/α-hetero) is 1. The second-order valence-electron chi connectivity index (χ2n) is 4.04. The van der Waals surface area contributed by atoms with Gasteiger partial charge in [0.05, 0.1) is 16.9 Å². The first-order chi connectivity index (χ1) is 9.09. The number of fused-ring (bicyclic) bond motifs is 1. The van der Waals surface area contributed by atoms with Gasteiger partial charge in [0.25, 0.3) is 5.69 Å². The largest absolute Gasteiger partial charge is 0.491 e. The third-order valence-corrected chi connectivity index (χ3v) is 2.62. The number of hydrogen-bond acceptors (Lipinski definition) is 5. The van der Waals surface area contributed by atoms with Crippen molar-refractivity contribution in [1.82, 2.24) is 4.98 Å². The number of aromatic nitrogens is 1. The number of nitro groups is 1. The van der Waals surface area contributed by atoms with Crippen LogP contribution in [0.4, 0.5) is 5.69 Å². The van der Waals surface area contributed by atoms with Crippen LogP contribution in [0, 0.1) is 10.1 Å². The highest BCUT2D eigenvalue weighted by Gasteiger charge is 2.15. The van der Waals surface area contributed by atoms with E-state index in [9.17, 15) is 14.9 Å². The van der Waals surface area contributed by atoms with Crippen LogP contribution in [-0.4, -0.2) is 22.3 Å². The van der Waals surface area contributed by atoms with Gasteiger partial charge in [-0.15, -0.1) is 0 Å². The Morgan fingerprint density at radius 3 is 2.89 bits per heavy atom. The lowest BCUT2D eigenvalue weighted by atomic mass is 10.1. The van der Waals surface area contributed by atoms with Gasteiger partial charge in [-0.2, -0.15) is 0 Å². The lowest BCUT2D eigenvalue weighted by Gasteiger charge is -2.07. The zero-order valence-corrected chi connectivity index (χ0v) is 10.3. The van der Waals surface area contributed by atoms with E-state index in [-0.39, 0.29) is 18.1 Å². The van der Waals surface area contributed by atoms with Crippen LogP contribution in [0.5, 0.6) is 5.75 Å². The molecule has 0 saturated heterocycles. The molecule has 0 unspecified atom stereocenters. The molecule has 0 saturated carbocycles. The number of non-ortho nitro benzene ring substituents is 1. The third-order valence-electron chi connectivity index (χ3n) is 2.62. The van der Waals surface area contributed by atoms with E-state index in [0.29, 0.717) is 23.1 Å². The Kier molecular flexibility index (Phi) is 3.70. The van der Waals surface area contributed by atoms with Gasteiger partial charge in [0.15, 0.2) is 0 Å². The van der Waals surface area contributed by atoms with Crippen molar-refractivity contribution in [2.45, 2.75) is 13.3 Å². The van der Waals surface area contributed by atoms with Crippen LogP contribution in [0.3, 0.4) is 0 Å². The maximum Gasteiger partial charge on any atom is 0.279 e. The Hall–Kier alpha value is -2.50. The third kappa shape index (κ3) is 2.85. The Morgan fingerprint density at radius 1 is 1.42 bits per heavy atom. The SMILES string of the molecule is CC(=O)CCOc1ccc([N+](=O)[O-])c2cccnc12. The minimum absolute atomic E-state index is 0.0120. The number of carbonyl (C=O) groups is 1. The number of pyridine rings is 1. The number of hydrogen-bond donors (Lipinski definition) is 0. The summed E-state index contributed by atoms with van der Waals surface area (Å²) < 4.78 is 5.46. The molecule has 19 heavy (non-hydrogen) atoms. The van der Waals surface area contributed by atoms with Crippen molar-refractivity contribution >= 4 is 22.4 Å². The normalized spacial score (nSPS) is 10.4. The maximum absolute atomic E-state index is 10.9. The van der Waals surface area contributed by atoms with Gasteiger partial charge in [-0.25, -0.2) is 0 Å². The molecule has 6 heteroatoms. The smallest absolute Gasteiger partial charge is 0.279 e. The number of nitro benzene ring substituents is 1. The first-order valence-corrected chi connectivity index (χ1v) is 5.74. The predicted octanol–water partition coefficient (Wildman–Crippen LogP) is 2.50. The topological polar surface area (TPSA) is 82.3 Å². The molecule has 6 nitrogen and oxygen atoms in total. The monoisotopic (exact) mass is 260 g/mol. The van der Waals surface area contributed by atoms with Crippen molar-refractivity contribution < 1.29 is 14.5 Å². The van der Waals surface area contributed by atoms with E-state index in [4.69, 9.17) is 4.74 Å². The van der Waals surface area contributed by atoms with E-state index in [0.717, 1.165) is 0 Å². The molecule has 0 amide bonds. The van der Waals surface area contributed by atoms with Gasteiger partial charge in [-0.05, 0) is 25.1 Å². The summed E-state index contributed by atoms with van der Waals surface area (Å²) >= 11 is 0. The van der Waals surface area contributed by atoms with Gasteiger partial charge >= 0.3 is 0 Å². The Morgan fingerprint density at radius 2 is 2.21 bits per heavy atom. The molecule has 2 rings (SSSR count). The summed E-state index contributed by atoms with van der Waals surface area (Å²) in [7, 11) is 0. The van der Waals surface area contributed by atoms with Crippen molar-refractivity contribution in [3.63, 3.8) is 0 Å². The van der Waals surface area contributed by atoms with Crippen LogP contribution in [0.2, 0.25) is 0 Å². The molecule has 2 aromatic rings. The molecule has 0 atom stereocenters. The summed E-state index contributed by atoms with van der Waals surface area (Å²) in [4.78, 5) is 25.4. The fourth-order valence-corrected chi connectivity index (χ4v) is 1.71. The zero-order valence-electron chi connectivity index (χ0n) is 10.3. The highest BCUT2D eigenvalue weighted by Crippen LogP contribution is 2.31. The number of nitrogens with zero attached hydrogens (tertiary/aromatic N) is 2. The second-order valence-corrected chi connectivity index (χ2v) is 4.04. The lowest BCUT2D eigenvalue weighted by molar-refractivity contribution is -0.383. The van der Waals surface area contributed by atoms with Gasteiger partial charge in [0.1, 0.15) is 17.0 Å². The number of carbonyl (C=O) groups excluding carboxylic acids is 1. The standard InChI is InChI=1S/C13H12N2O4/c1-9(16)6-8-19-12-5-4-11(15(17)18)10-3-2-7-14-13(10)12/h2-5,7H,6,8H2,1H3. The average molecular weight is 260 g/mol. The molecular weight excluding hydrogens is 248 g/mol. The zero-order chi connectivity index (χ0) is 13.8. The molecule has 1 aromatic heterocycles. The van der Waals surface area contributed by atoms with Crippen molar-refractivity contribution in [2.75, 3.05) is 6.61 Å². The summed E-state index contributed by atoms with van der Waals surface area (Å²) in [5.41, 5.74) is 0.419. The average Bonchev–Trinajstić information content (AvgIpc) is 2.38. The fourth-order valence-electron chi connectivity index (χ4n) is 1.71. The predicted molar refractivity (Wildman–Crippen MR) is 69.2 cm³/mol.